The van der Waals surface area contributed by atoms with Gasteiger partial charge in [-0.3, -0.25) is 4.79 Å². The molecule has 1 fully saturated rings. The first-order chi connectivity index (χ1) is 15.0. The molecule has 0 unspecified atom stereocenters. The smallest absolute Gasteiger partial charge is 0.328 e. The van der Waals surface area contributed by atoms with Crippen molar-refractivity contribution in [2.45, 2.75) is 25.6 Å². The standard InChI is InChI=1S/C23H18F6N2O/c1-14-18(16-7-9-17(24)10-8-16)19(21(32)30-12-22(25,26)13-30)31(20(14)23(27,28)29)11-15-5-3-2-4-6-15/h2-10H,11-13H2,1H3. The second kappa shape index (κ2) is 7.72. The van der Waals surface area contributed by atoms with Gasteiger partial charge in [0.2, 0.25) is 0 Å². The van der Waals surface area contributed by atoms with Gasteiger partial charge in [0.25, 0.3) is 11.8 Å². The van der Waals surface area contributed by atoms with E-state index in [1.165, 1.54) is 19.1 Å². The summed E-state index contributed by atoms with van der Waals surface area (Å²) in [6.07, 6.45) is -4.81. The van der Waals surface area contributed by atoms with Gasteiger partial charge in [0.15, 0.2) is 0 Å². The van der Waals surface area contributed by atoms with Crippen LogP contribution in [0.15, 0.2) is 54.6 Å². The first-order valence-electron chi connectivity index (χ1n) is 9.75. The molecule has 1 aliphatic heterocycles. The van der Waals surface area contributed by atoms with E-state index in [9.17, 15) is 31.1 Å². The molecule has 0 radical (unpaired) electrons. The van der Waals surface area contributed by atoms with Gasteiger partial charge in [0.1, 0.15) is 17.2 Å². The van der Waals surface area contributed by atoms with Crippen LogP contribution in [0.3, 0.4) is 0 Å². The quantitative estimate of drug-likeness (QED) is 0.462. The van der Waals surface area contributed by atoms with Gasteiger partial charge in [0.05, 0.1) is 13.1 Å². The third-order valence-electron chi connectivity index (χ3n) is 5.43. The van der Waals surface area contributed by atoms with Crippen LogP contribution in [0.4, 0.5) is 26.3 Å². The molecule has 0 aliphatic carbocycles. The molecule has 2 aromatic carbocycles. The maximum atomic E-state index is 14.1. The fraction of sp³-hybridized carbons (Fsp3) is 0.261. The van der Waals surface area contributed by atoms with Crippen molar-refractivity contribution in [2.24, 2.45) is 0 Å². The Balaban J connectivity index is 1.96. The number of benzene rings is 2. The van der Waals surface area contributed by atoms with Crippen molar-refractivity contribution < 1.29 is 31.1 Å². The number of hydrogen-bond donors (Lipinski definition) is 0. The molecule has 168 valence electrons. The fourth-order valence-electron chi connectivity index (χ4n) is 4.03. The maximum Gasteiger partial charge on any atom is 0.431 e. The Labute approximate surface area is 179 Å². The minimum absolute atomic E-state index is 0.0477. The second-order valence-corrected chi connectivity index (χ2v) is 7.79. The zero-order chi connectivity index (χ0) is 23.3. The molecule has 3 nitrogen and oxygen atoms in total. The average Bonchev–Trinajstić information content (AvgIpc) is 2.99. The van der Waals surface area contributed by atoms with Crippen molar-refractivity contribution in [3.63, 3.8) is 0 Å². The van der Waals surface area contributed by atoms with Crippen molar-refractivity contribution in [1.82, 2.24) is 9.47 Å². The molecule has 4 rings (SSSR count). The summed E-state index contributed by atoms with van der Waals surface area (Å²) in [5.41, 5.74) is -0.972. The van der Waals surface area contributed by atoms with Crippen LogP contribution in [-0.4, -0.2) is 34.4 Å². The first kappa shape index (κ1) is 22.0. The summed E-state index contributed by atoms with van der Waals surface area (Å²) in [5.74, 6) is -4.60. The van der Waals surface area contributed by atoms with Crippen LogP contribution in [-0.2, 0) is 12.7 Å². The average molecular weight is 452 g/mol. The summed E-state index contributed by atoms with van der Waals surface area (Å²) in [7, 11) is 0. The van der Waals surface area contributed by atoms with Crippen LogP contribution in [0.5, 0.6) is 0 Å². The minimum Gasteiger partial charge on any atom is -0.328 e. The van der Waals surface area contributed by atoms with Crippen LogP contribution >= 0.6 is 0 Å². The number of likely N-dealkylation sites (tertiary alicyclic amines) is 1. The fourth-order valence-corrected chi connectivity index (χ4v) is 4.03. The van der Waals surface area contributed by atoms with Crippen LogP contribution < -0.4 is 0 Å². The summed E-state index contributed by atoms with van der Waals surface area (Å²) in [6, 6.07) is 12.9. The highest BCUT2D eigenvalue weighted by atomic mass is 19.4. The van der Waals surface area contributed by atoms with Gasteiger partial charge >= 0.3 is 6.18 Å². The van der Waals surface area contributed by atoms with Gasteiger partial charge < -0.3 is 9.47 Å². The molecule has 0 spiro atoms. The van der Waals surface area contributed by atoms with Crippen LogP contribution in [0.1, 0.15) is 27.3 Å². The van der Waals surface area contributed by atoms with Crippen molar-refractivity contribution >= 4 is 5.91 Å². The summed E-state index contributed by atoms with van der Waals surface area (Å²) in [4.78, 5) is 14.0. The van der Waals surface area contributed by atoms with Crippen LogP contribution in [0, 0.1) is 12.7 Å². The normalized spacial score (nSPS) is 15.5. The van der Waals surface area contributed by atoms with Crippen molar-refractivity contribution in [3.05, 3.63) is 82.9 Å². The summed E-state index contributed by atoms with van der Waals surface area (Å²) in [6.45, 7) is -0.801. The Hall–Kier alpha value is -3.23. The van der Waals surface area contributed by atoms with Gasteiger partial charge in [-0.2, -0.15) is 13.2 Å². The van der Waals surface area contributed by atoms with Gasteiger partial charge in [-0.1, -0.05) is 42.5 Å². The van der Waals surface area contributed by atoms with Gasteiger partial charge in [-0.05, 0) is 35.7 Å². The molecule has 0 bridgehead atoms. The van der Waals surface area contributed by atoms with Crippen molar-refractivity contribution in [1.29, 1.82) is 0 Å². The molecule has 32 heavy (non-hydrogen) atoms. The van der Waals surface area contributed by atoms with E-state index < -0.39 is 42.6 Å². The summed E-state index contributed by atoms with van der Waals surface area (Å²) >= 11 is 0. The molecule has 1 aliphatic rings. The zero-order valence-electron chi connectivity index (χ0n) is 16.9. The zero-order valence-corrected chi connectivity index (χ0v) is 16.9. The van der Waals surface area contributed by atoms with E-state index in [0.717, 1.165) is 21.6 Å². The van der Waals surface area contributed by atoms with E-state index in [-0.39, 0.29) is 28.9 Å². The van der Waals surface area contributed by atoms with Crippen molar-refractivity contribution in [2.75, 3.05) is 13.1 Å². The first-order valence-corrected chi connectivity index (χ1v) is 9.75. The van der Waals surface area contributed by atoms with Gasteiger partial charge in [-0.25, -0.2) is 13.2 Å². The van der Waals surface area contributed by atoms with Gasteiger partial charge in [0, 0.05) is 12.1 Å². The molecule has 9 heteroatoms. The Bertz CT molecular complexity index is 1140. The number of amides is 1. The summed E-state index contributed by atoms with van der Waals surface area (Å²) in [5, 5.41) is 0. The Morgan fingerprint density at radius 2 is 1.59 bits per heavy atom. The molecule has 1 aromatic heterocycles. The molecular weight excluding hydrogens is 434 g/mol. The van der Waals surface area contributed by atoms with E-state index in [1.807, 2.05) is 0 Å². The lowest BCUT2D eigenvalue weighted by atomic mass is 9.99. The predicted molar refractivity (Wildman–Crippen MR) is 106 cm³/mol. The Morgan fingerprint density at radius 1 is 1.00 bits per heavy atom. The van der Waals surface area contributed by atoms with E-state index in [0.29, 0.717) is 5.56 Å². The number of alkyl halides is 5. The predicted octanol–water partition coefficient (Wildman–Crippen LogP) is 5.76. The largest absolute Gasteiger partial charge is 0.431 e. The van der Waals surface area contributed by atoms with E-state index in [4.69, 9.17) is 0 Å². The van der Waals surface area contributed by atoms with Crippen LogP contribution in [0.25, 0.3) is 11.1 Å². The third-order valence-corrected chi connectivity index (χ3v) is 5.43. The van der Waals surface area contributed by atoms with Gasteiger partial charge in [-0.15, -0.1) is 0 Å². The number of halogens is 6. The number of carbonyl (C=O) groups excluding carboxylic acids is 1. The molecular formula is C23H18F6N2O. The number of rotatable bonds is 4. The lowest BCUT2D eigenvalue weighted by Gasteiger charge is -2.39. The van der Waals surface area contributed by atoms with Crippen LogP contribution in [0.2, 0.25) is 0 Å². The monoisotopic (exact) mass is 452 g/mol. The highest BCUT2D eigenvalue weighted by Crippen LogP contribution is 2.42. The van der Waals surface area contributed by atoms with E-state index in [1.54, 1.807) is 30.3 Å². The Kier molecular flexibility index (Phi) is 5.30. The highest BCUT2D eigenvalue weighted by molar-refractivity contribution is 6.01. The SMILES string of the molecule is Cc1c(-c2ccc(F)cc2)c(C(=O)N2CC(F)(F)C2)n(Cc2ccccc2)c1C(F)(F)F. The number of carbonyl (C=O) groups is 1. The molecule has 1 saturated heterocycles. The van der Waals surface area contributed by atoms with E-state index >= 15 is 0 Å². The topological polar surface area (TPSA) is 25.2 Å². The second-order valence-electron chi connectivity index (χ2n) is 7.79. The summed E-state index contributed by atoms with van der Waals surface area (Å²) < 4.78 is 83.6. The molecule has 2 heterocycles. The highest BCUT2D eigenvalue weighted by Gasteiger charge is 2.49. The maximum absolute atomic E-state index is 14.1. The molecule has 0 atom stereocenters. The third kappa shape index (κ3) is 3.99. The lowest BCUT2D eigenvalue weighted by molar-refractivity contribution is -0.144. The minimum atomic E-state index is -4.81. The lowest BCUT2D eigenvalue weighted by Crippen LogP contribution is -2.58. The van der Waals surface area contributed by atoms with E-state index in [2.05, 4.69) is 0 Å². The molecule has 0 saturated carbocycles. The Morgan fingerprint density at radius 3 is 2.12 bits per heavy atom. The molecule has 1 amide bonds. The number of aromatic nitrogens is 1. The molecule has 3 aromatic rings. The number of nitrogens with zero attached hydrogens (tertiary/aromatic N) is 2. The van der Waals surface area contributed by atoms with Crippen molar-refractivity contribution in [3.8, 4) is 11.1 Å². The molecule has 0 N–H and O–H groups in total. The number of hydrogen-bond acceptors (Lipinski definition) is 1.